The number of aromatic nitrogens is 1. The third-order valence-corrected chi connectivity index (χ3v) is 4.86. The molecule has 9 heteroatoms. The minimum absolute atomic E-state index is 0.125. The highest BCUT2D eigenvalue weighted by Crippen LogP contribution is 2.33. The molecule has 0 saturated heterocycles. The first-order chi connectivity index (χ1) is 12.8. The van der Waals surface area contributed by atoms with Crippen molar-refractivity contribution in [3.8, 4) is 11.5 Å². The number of carbonyl (C=O) groups excluding carboxylic acids is 2. The summed E-state index contributed by atoms with van der Waals surface area (Å²) in [7, 11) is 3.09. The van der Waals surface area contributed by atoms with Crippen LogP contribution < -0.4 is 20.1 Å². The first-order valence-corrected chi connectivity index (χ1v) is 9.27. The lowest BCUT2D eigenvalue weighted by molar-refractivity contribution is -0.115. The number of hydrogen-bond donors (Lipinski definition) is 2. The largest absolute Gasteiger partial charge is 0.493 e. The lowest BCUT2D eigenvalue weighted by Gasteiger charge is -2.14. The maximum Gasteiger partial charge on any atom is 0.238 e. The van der Waals surface area contributed by atoms with Gasteiger partial charge in [-0.15, -0.1) is 11.8 Å². The number of amides is 2. The molecule has 0 bridgehead atoms. The van der Waals surface area contributed by atoms with E-state index in [0.29, 0.717) is 28.8 Å². The van der Waals surface area contributed by atoms with E-state index >= 15 is 0 Å². The van der Waals surface area contributed by atoms with Crippen LogP contribution in [0.5, 0.6) is 11.5 Å². The summed E-state index contributed by atoms with van der Waals surface area (Å²) in [5.41, 5.74) is 1.48. The standard InChI is InChI=1S/C18H23N3O5S/c1-10-6-14(24-4)15(25-5)8-13(10)19-17(22)9-27-12(3)18(23)20-16-7-11(2)26-21-16/h6-8,12H,9H2,1-5H3,(H,19,22)(H,20,21,23)/t12-/m1/s1. The SMILES string of the molecule is COc1cc(C)c(NC(=O)CS[C@H](C)C(=O)Nc2cc(C)on2)cc1OC. The molecule has 1 aromatic heterocycles. The third kappa shape index (κ3) is 5.65. The summed E-state index contributed by atoms with van der Waals surface area (Å²) < 4.78 is 15.4. The fourth-order valence-electron chi connectivity index (χ4n) is 2.23. The van der Waals surface area contributed by atoms with Gasteiger partial charge in [-0.3, -0.25) is 9.59 Å². The zero-order valence-corrected chi connectivity index (χ0v) is 16.7. The van der Waals surface area contributed by atoms with Crippen LogP contribution in [0.15, 0.2) is 22.7 Å². The Balaban J connectivity index is 1.89. The molecule has 0 radical (unpaired) electrons. The number of ether oxygens (including phenoxy) is 2. The van der Waals surface area contributed by atoms with Gasteiger partial charge in [0.25, 0.3) is 0 Å². The molecule has 0 aliphatic heterocycles. The van der Waals surface area contributed by atoms with Crippen molar-refractivity contribution in [3.63, 3.8) is 0 Å². The predicted octanol–water partition coefficient (Wildman–Crippen LogP) is 3.01. The number of thioether (sulfide) groups is 1. The van der Waals surface area contributed by atoms with Crippen LogP contribution in [0.25, 0.3) is 0 Å². The smallest absolute Gasteiger partial charge is 0.238 e. The zero-order chi connectivity index (χ0) is 20.0. The Morgan fingerprint density at radius 1 is 1.15 bits per heavy atom. The molecule has 146 valence electrons. The summed E-state index contributed by atoms with van der Waals surface area (Å²) in [5.74, 6) is 1.75. The molecule has 0 aliphatic carbocycles. The van der Waals surface area contributed by atoms with Crippen molar-refractivity contribution in [3.05, 3.63) is 29.5 Å². The monoisotopic (exact) mass is 393 g/mol. The highest BCUT2D eigenvalue weighted by atomic mass is 32.2. The first-order valence-electron chi connectivity index (χ1n) is 8.22. The van der Waals surface area contributed by atoms with E-state index in [0.717, 1.165) is 5.56 Å². The molecule has 2 aromatic rings. The van der Waals surface area contributed by atoms with Gasteiger partial charge >= 0.3 is 0 Å². The summed E-state index contributed by atoms with van der Waals surface area (Å²) in [6.07, 6.45) is 0. The van der Waals surface area contributed by atoms with Crippen LogP contribution in [0.3, 0.4) is 0 Å². The Bertz CT molecular complexity index is 821. The van der Waals surface area contributed by atoms with E-state index in [9.17, 15) is 9.59 Å². The van der Waals surface area contributed by atoms with E-state index in [1.807, 2.05) is 6.92 Å². The Hall–Kier alpha value is -2.68. The van der Waals surface area contributed by atoms with Gasteiger partial charge in [-0.1, -0.05) is 5.16 Å². The molecule has 27 heavy (non-hydrogen) atoms. The molecule has 2 N–H and O–H groups in total. The van der Waals surface area contributed by atoms with Crippen molar-refractivity contribution in [2.75, 3.05) is 30.6 Å². The van der Waals surface area contributed by atoms with Gasteiger partial charge in [0, 0.05) is 17.8 Å². The second kappa shape index (κ2) is 9.31. The second-order valence-electron chi connectivity index (χ2n) is 5.84. The third-order valence-electron chi connectivity index (χ3n) is 3.72. The summed E-state index contributed by atoms with van der Waals surface area (Å²) >= 11 is 1.22. The molecule has 2 amide bonds. The average Bonchev–Trinajstić information content (AvgIpc) is 3.05. The summed E-state index contributed by atoms with van der Waals surface area (Å²) in [6, 6.07) is 5.12. The normalized spacial score (nSPS) is 11.6. The molecule has 1 heterocycles. The van der Waals surface area contributed by atoms with Crippen molar-refractivity contribution in [1.82, 2.24) is 5.16 Å². The zero-order valence-electron chi connectivity index (χ0n) is 15.9. The van der Waals surface area contributed by atoms with E-state index < -0.39 is 5.25 Å². The van der Waals surface area contributed by atoms with Crippen molar-refractivity contribution in [2.45, 2.75) is 26.0 Å². The Labute approximate surface area is 162 Å². The summed E-state index contributed by atoms with van der Waals surface area (Å²) in [6.45, 7) is 5.32. The molecule has 0 unspecified atom stereocenters. The van der Waals surface area contributed by atoms with E-state index in [-0.39, 0.29) is 17.6 Å². The van der Waals surface area contributed by atoms with Gasteiger partial charge in [0.05, 0.1) is 25.2 Å². The van der Waals surface area contributed by atoms with Crippen molar-refractivity contribution in [2.24, 2.45) is 0 Å². The van der Waals surface area contributed by atoms with Crippen LogP contribution in [0.2, 0.25) is 0 Å². The van der Waals surface area contributed by atoms with Gasteiger partial charge in [-0.05, 0) is 32.4 Å². The molecule has 0 aliphatic rings. The van der Waals surface area contributed by atoms with Gasteiger partial charge in [0.1, 0.15) is 5.76 Å². The summed E-state index contributed by atoms with van der Waals surface area (Å²) in [5, 5.41) is 8.76. The molecule has 2 rings (SSSR count). The summed E-state index contributed by atoms with van der Waals surface area (Å²) in [4.78, 5) is 24.4. The van der Waals surface area contributed by atoms with Crippen molar-refractivity contribution >= 4 is 35.1 Å². The molecular weight excluding hydrogens is 370 g/mol. The molecule has 1 aromatic carbocycles. The maximum atomic E-state index is 12.2. The number of rotatable bonds is 8. The highest BCUT2D eigenvalue weighted by Gasteiger charge is 2.17. The minimum Gasteiger partial charge on any atom is -0.493 e. The predicted molar refractivity (Wildman–Crippen MR) is 105 cm³/mol. The first kappa shape index (κ1) is 20.6. The molecule has 0 saturated carbocycles. The van der Waals surface area contributed by atoms with Crippen LogP contribution >= 0.6 is 11.8 Å². The number of nitrogens with one attached hydrogen (secondary N) is 2. The van der Waals surface area contributed by atoms with Gasteiger partial charge in [0.15, 0.2) is 17.3 Å². The number of aryl methyl sites for hydroxylation is 2. The fourth-order valence-corrected chi connectivity index (χ4v) is 2.91. The van der Waals surface area contributed by atoms with Crippen molar-refractivity contribution < 1.29 is 23.6 Å². The van der Waals surface area contributed by atoms with Crippen LogP contribution in [0.4, 0.5) is 11.5 Å². The lowest BCUT2D eigenvalue weighted by Crippen LogP contribution is -2.25. The lowest BCUT2D eigenvalue weighted by atomic mass is 10.1. The van der Waals surface area contributed by atoms with E-state index in [1.54, 1.807) is 39.2 Å². The number of anilines is 2. The van der Waals surface area contributed by atoms with E-state index in [2.05, 4.69) is 15.8 Å². The fraction of sp³-hybridized carbons (Fsp3) is 0.389. The van der Waals surface area contributed by atoms with Crippen LogP contribution in [-0.2, 0) is 9.59 Å². The Morgan fingerprint density at radius 2 is 1.81 bits per heavy atom. The number of hydrogen-bond acceptors (Lipinski definition) is 7. The van der Waals surface area contributed by atoms with Crippen LogP contribution in [0.1, 0.15) is 18.2 Å². The molecule has 0 fully saturated rings. The van der Waals surface area contributed by atoms with E-state index in [4.69, 9.17) is 14.0 Å². The second-order valence-corrected chi connectivity index (χ2v) is 7.16. The molecule has 8 nitrogen and oxygen atoms in total. The van der Waals surface area contributed by atoms with Gasteiger partial charge in [-0.2, -0.15) is 0 Å². The van der Waals surface area contributed by atoms with Crippen LogP contribution in [-0.4, -0.2) is 42.2 Å². The van der Waals surface area contributed by atoms with Gasteiger partial charge < -0.3 is 24.6 Å². The van der Waals surface area contributed by atoms with Gasteiger partial charge in [-0.25, -0.2) is 0 Å². The molecule has 1 atom stereocenters. The minimum atomic E-state index is -0.431. The Kier molecular flexibility index (Phi) is 7.12. The van der Waals surface area contributed by atoms with Crippen LogP contribution in [0, 0.1) is 13.8 Å². The number of methoxy groups -OCH3 is 2. The highest BCUT2D eigenvalue weighted by molar-refractivity contribution is 8.01. The molecular formula is C18H23N3O5S. The van der Waals surface area contributed by atoms with Crippen molar-refractivity contribution in [1.29, 1.82) is 0 Å². The van der Waals surface area contributed by atoms with E-state index in [1.165, 1.54) is 18.9 Å². The quantitative estimate of drug-likeness (QED) is 0.711. The Morgan fingerprint density at radius 3 is 2.41 bits per heavy atom. The average molecular weight is 393 g/mol. The topological polar surface area (TPSA) is 103 Å². The van der Waals surface area contributed by atoms with Gasteiger partial charge in [0.2, 0.25) is 11.8 Å². The number of nitrogens with zero attached hydrogens (tertiary/aromatic N) is 1. The molecule has 0 spiro atoms. The maximum absolute atomic E-state index is 12.2. The number of benzene rings is 1. The number of carbonyl (C=O) groups is 2.